The number of nitrogens with zero attached hydrogens (tertiary/aromatic N) is 1. The SMILES string of the molecule is N#CC(Cl)CSc1cc(Cl)cc(Cl)c1. The van der Waals surface area contributed by atoms with Gasteiger partial charge in [0.1, 0.15) is 5.38 Å². The minimum Gasteiger partial charge on any atom is -0.197 e. The van der Waals surface area contributed by atoms with E-state index in [1.54, 1.807) is 18.2 Å². The fraction of sp³-hybridized carbons (Fsp3) is 0.222. The summed E-state index contributed by atoms with van der Waals surface area (Å²) in [6, 6.07) is 7.19. The lowest BCUT2D eigenvalue weighted by molar-refractivity contribution is 1.24. The fourth-order valence-corrected chi connectivity index (χ4v) is 2.50. The van der Waals surface area contributed by atoms with Crippen LogP contribution in [0, 0.1) is 11.3 Å². The van der Waals surface area contributed by atoms with Crippen molar-refractivity contribution in [1.82, 2.24) is 0 Å². The third kappa shape index (κ3) is 3.98. The third-order valence-corrected chi connectivity index (χ3v) is 3.31. The number of benzene rings is 1. The smallest absolute Gasteiger partial charge is 0.129 e. The maximum absolute atomic E-state index is 8.47. The minimum absolute atomic E-state index is 0.488. The Labute approximate surface area is 102 Å². The van der Waals surface area contributed by atoms with Gasteiger partial charge in [0.25, 0.3) is 0 Å². The van der Waals surface area contributed by atoms with Crippen LogP contribution in [0.15, 0.2) is 23.1 Å². The Morgan fingerprint density at radius 3 is 2.36 bits per heavy atom. The van der Waals surface area contributed by atoms with E-state index in [1.165, 1.54) is 11.8 Å². The molecule has 0 N–H and O–H groups in total. The molecular weight excluding hydrogens is 261 g/mol. The average molecular weight is 267 g/mol. The summed E-state index contributed by atoms with van der Waals surface area (Å²) in [5, 5.41) is 9.16. The second-order valence-corrected chi connectivity index (χ2v) is 5.01. The van der Waals surface area contributed by atoms with Crippen LogP contribution in [-0.2, 0) is 0 Å². The minimum atomic E-state index is -0.488. The number of hydrogen-bond acceptors (Lipinski definition) is 2. The molecular formula is C9H6Cl3NS. The molecule has 0 saturated carbocycles. The van der Waals surface area contributed by atoms with Gasteiger partial charge in [0, 0.05) is 20.7 Å². The summed E-state index contributed by atoms with van der Waals surface area (Å²) in [4.78, 5) is 0.920. The molecule has 1 rings (SSSR count). The van der Waals surface area contributed by atoms with E-state index in [9.17, 15) is 0 Å². The van der Waals surface area contributed by atoms with Crippen LogP contribution in [-0.4, -0.2) is 11.1 Å². The normalized spacial score (nSPS) is 12.1. The van der Waals surface area contributed by atoms with Crippen LogP contribution in [0.4, 0.5) is 0 Å². The first-order valence-electron chi connectivity index (χ1n) is 3.74. The fourth-order valence-electron chi connectivity index (χ4n) is 0.819. The molecule has 0 saturated heterocycles. The first kappa shape index (κ1) is 12.0. The predicted octanol–water partition coefficient (Wildman–Crippen LogP) is 4.22. The molecule has 0 radical (unpaired) electrons. The molecule has 0 aromatic heterocycles. The quantitative estimate of drug-likeness (QED) is 0.604. The molecule has 0 aliphatic rings. The summed E-state index contributed by atoms with van der Waals surface area (Å²) in [7, 11) is 0. The number of halogens is 3. The van der Waals surface area contributed by atoms with E-state index in [-0.39, 0.29) is 0 Å². The van der Waals surface area contributed by atoms with E-state index in [4.69, 9.17) is 40.1 Å². The van der Waals surface area contributed by atoms with E-state index in [0.717, 1.165) is 4.90 Å². The van der Waals surface area contributed by atoms with Gasteiger partial charge in [0.05, 0.1) is 6.07 Å². The second-order valence-electron chi connectivity index (χ2n) is 2.51. The number of thioether (sulfide) groups is 1. The van der Waals surface area contributed by atoms with Crippen molar-refractivity contribution in [2.75, 3.05) is 5.75 Å². The summed E-state index contributed by atoms with van der Waals surface area (Å²) >= 11 is 18.7. The van der Waals surface area contributed by atoms with E-state index in [1.807, 2.05) is 6.07 Å². The molecule has 14 heavy (non-hydrogen) atoms. The van der Waals surface area contributed by atoms with Gasteiger partial charge in [-0.05, 0) is 18.2 Å². The van der Waals surface area contributed by atoms with Crippen molar-refractivity contribution in [2.45, 2.75) is 10.3 Å². The zero-order chi connectivity index (χ0) is 10.6. The first-order valence-corrected chi connectivity index (χ1v) is 5.92. The molecule has 0 aliphatic heterocycles. The summed E-state index contributed by atoms with van der Waals surface area (Å²) in [6.07, 6.45) is 0. The van der Waals surface area contributed by atoms with Crippen LogP contribution < -0.4 is 0 Å². The topological polar surface area (TPSA) is 23.8 Å². The van der Waals surface area contributed by atoms with Gasteiger partial charge in [0.2, 0.25) is 0 Å². The third-order valence-electron chi connectivity index (χ3n) is 1.37. The molecule has 1 atom stereocenters. The van der Waals surface area contributed by atoms with Gasteiger partial charge in [-0.25, -0.2) is 0 Å². The van der Waals surface area contributed by atoms with Crippen LogP contribution in [0.2, 0.25) is 10.0 Å². The number of rotatable bonds is 3. The van der Waals surface area contributed by atoms with Gasteiger partial charge >= 0.3 is 0 Å². The van der Waals surface area contributed by atoms with Crippen LogP contribution in [0.1, 0.15) is 0 Å². The van der Waals surface area contributed by atoms with Crippen LogP contribution in [0.3, 0.4) is 0 Å². The van der Waals surface area contributed by atoms with Crippen molar-refractivity contribution in [3.05, 3.63) is 28.2 Å². The zero-order valence-corrected chi connectivity index (χ0v) is 10.1. The Morgan fingerprint density at radius 2 is 1.86 bits per heavy atom. The van der Waals surface area contributed by atoms with Crippen molar-refractivity contribution in [1.29, 1.82) is 5.26 Å². The van der Waals surface area contributed by atoms with Crippen LogP contribution in [0.25, 0.3) is 0 Å². The Kier molecular flexibility index (Phi) is 4.91. The highest BCUT2D eigenvalue weighted by molar-refractivity contribution is 7.99. The Morgan fingerprint density at radius 1 is 1.29 bits per heavy atom. The van der Waals surface area contributed by atoms with Gasteiger partial charge in [-0.2, -0.15) is 5.26 Å². The number of alkyl halides is 1. The number of nitriles is 1. The highest BCUT2D eigenvalue weighted by atomic mass is 35.5. The Hall–Kier alpha value is -0.0700. The molecule has 5 heteroatoms. The van der Waals surface area contributed by atoms with Crippen LogP contribution >= 0.6 is 46.6 Å². The molecule has 1 unspecified atom stereocenters. The average Bonchev–Trinajstić information content (AvgIpc) is 2.12. The van der Waals surface area contributed by atoms with Gasteiger partial charge in [-0.3, -0.25) is 0 Å². The summed E-state index contributed by atoms with van der Waals surface area (Å²) < 4.78 is 0. The monoisotopic (exact) mass is 265 g/mol. The van der Waals surface area contributed by atoms with Crippen molar-refractivity contribution < 1.29 is 0 Å². The molecule has 0 aliphatic carbocycles. The van der Waals surface area contributed by atoms with Crippen molar-refractivity contribution in [2.24, 2.45) is 0 Å². The van der Waals surface area contributed by atoms with E-state index >= 15 is 0 Å². The molecule has 1 aromatic carbocycles. The lowest BCUT2D eigenvalue weighted by Gasteiger charge is -2.02. The zero-order valence-electron chi connectivity index (χ0n) is 7.01. The molecule has 0 bridgehead atoms. The molecule has 1 aromatic rings. The van der Waals surface area contributed by atoms with Gasteiger partial charge in [-0.15, -0.1) is 23.4 Å². The summed E-state index contributed by atoms with van der Waals surface area (Å²) in [5.74, 6) is 0.523. The standard InChI is InChI=1S/C9H6Cl3NS/c10-6-1-7(11)3-9(2-6)14-5-8(12)4-13/h1-3,8H,5H2. The maximum Gasteiger partial charge on any atom is 0.129 e. The van der Waals surface area contributed by atoms with Crippen molar-refractivity contribution >= 4 is 46.6 Å². The number of hydrogen-bond donors (Lipinski definition) is 0. The molecule has 0 amide bonds. The van der Waals surface area contributed by atoms with Crippen LogP contribution in [0.5, 0.6) is 0 Å². The highest BCUT2D eigenvalue weighted by Crippen LogP contribution is 2.27. The van der Waals surface area contributed by atoms with Crippen molar-refractivity contribution in [3.8, 4) is 6.07 Å². The molecule has 0 heterocycles. The van der Waals surface area contributed by atoms with E-state index in [2.05, 4.69) is 0 Å². The highest BCUT2D eigenvalue weighted by Gasteiger charge is 2.04. The van der Waals surface area contributed by atoms with Crippen molar-refractivity contribution in [3.63, 3.8) is 0 Å². The molecule has 0 fully saturated rings. The van der Waals surface area contributed by atoms with E-state index in [0.29, 0.717) is 15.8 Å². The van der Waals surface area contributed by atoms with Gasteiger partial charge in [-0.1, -0.05) is 23.2 Å². The molecule has 1 nitrogen and oxygen atoms in total. The predicted molar refractivity (Wildman–Crippen MR) is 62.4 cm³/mol. The largest absolute Gasteiger partial charge is 0.197 e. The second kappa shape index (κ2) is 5.72. The maximum atomic E-state index is 8.47. The Bertz CT molecular complexity index is 341. The summed E-state index contributed by atoms with van der Waals surface area (Å²) in [5.41, 5.74) is 0. The van der Waals surface area contributed by atoms with Gasteiger partial charge in [0.15, 0.2) is 0 Å². The lowest BCUT2D eigenvalue weighted by Crippen LogP contribution is -1.96. The first-order chi connectivity index (χ1) is 6.61. The summed E-state index contributed by atoms with van der Waals surface area (Å²) in [6.45, 7) is 0. The molecule has 74 valence electrons. The van der Waals surface area contributed by atoms with E-state index < -0.39 is 5.38 Å². The van der Waals surface area contributed by atoms with Gasteiger partial charge < -0.3 is 0 Å². The molecule has 0 spiro atoms. The Balaban J connectivity index is 2.64. The lowest BCUT2D eigenvalue weighted by atomic mass is 10.4.